The van der Waals surface area contributed by atoms with E-state index >= 15 is 0 Å². The number of alkyl halides is 1. The van der Waals surface area contributed by atoms with Gasteiger partial charge in [-0.05, 0) is 25.0 Å². The predicted molar refractivity (Wildman–Crippen MR) is 113 cm³/mol. The van der Waals surface area contributed by atoms with Crippen LogP contribution >= 0.6 is 15.9 Å². The molecule has 2 atom stereocenters. The topological polar surface area (TPSA) is 34.1 Å². The van der Waals surface area contributed by atoms with Crippen LogP contribution in [0.15, 0.2) is 72.8 Å². The van der Waals surface area contributed by atoms with E-state index in [2.05, 4.69) is 40.2 Å². The van der Waals surface area contributed by atoms with Crippen LogP contribution in [0.3, 0.4) is 0 Å². The van der Waals surface area contributed by atoms with Crippen molar-refractivity contribution in [2.45, 2.75) is 23.6 Å². The third-order valence-electron chi connectivity index (χ3n) is 6.36. The van der Waals surface area contributed by atoms with Crippen molar-refractivity contribution in [3.8, 4) is 0 Å². The first-order valence-corrected chi connectivity index (χ1v) is 10.2. The van der Waals surface area contributed by atoms with E-state index in [4.69, 9.17) is 0 Å². The first-order valence-electron chi connectivity index (χ1n) is 9.43. The van der Waals surface area contributed by atoms with Crippen molar-refractivity contribution >= 4 is 27.5 Å². The Balaban J connectivity index is 1.81. The van der Waals surface area contributed by atoms with Gasteiger partial charge in [0.1, 0.15) is 4.32 Å². The monoisotopic (exact) mass is 430 g/mol. The summed E-state index contributed by atoms with van der Waals surface area (Å²) in [4.78, 5) is 27.1. The van der Waals surface area contributed by atoms with Crippen LogP contribution < -0.4 is 0 Å². The van der Waals surface area contributed by atoms with E-state index in [1.54, 1.807) is 12.1 Å². The minimum atomic E-state index is -0.948. The fourth-order valence-electron chi connectivity index (χ4n) is 4.93. The van der Waals surface area contributed by atoms with Crippen molar-refractivity contribution < 1.29 is 9.59 Å². The second-order valence-corrected chi connectivity index (χ2v) is 9.17. The molecule has 0 radical (unpaired) electrons. The summed E-state index contributed by atoms with van der Waals surface area (Å²) in [5, 5.41) is 0. The fraction of sp³-hybridized carbons (Fsp3) is 0.200. The fourth-order valence-corrected chi connectivity index (χ4v) is 6.26. The maximum atomic E-state index is 13.6. The zero-order valence-corrected chi connectivity index (χ0v) is 17.3. The molecule has 0 heterocycles. The van der Waals surface area contributed by atoms with Crippen LogP contribution in [0.2, 0.25) is 0 Å². The molecular formula is C25H19BrO2. The summed E-state index contributed by atoms with van der Waals surface area (Å²) in [5.74, 6) is -0.421. The average Bonchev–Trinajstić information content (AvgIpc) is 3.30. The largest absolute Gasteiger partial charge is 0.294 e. The molecule has 3 aromatic carbocycles. The lowest BCUT2D eigenvalue weighted by molar-refractivity contribution is 0.0893. The Labute approximate surface area is 172 Å². The first-order chi connectivity index (χ1) is 13.4. The van der Waals surface area contributed by atoms with Crippen LogP contribution in [0.4, 0.5) is 0 Å². The van der Waals surface area contributed by atoms with Gasteiger partial charge in [-0.1, -0.05) is 99.9 Å². The zero-order valence-electron chi connectivity index (χ0n) is 15.7. The van der Waals surface area contributed by atoms with E-state index in [1.807, 2.05) is 50.2 Å². The van der Waals surface area contributed by atoms with Crippen LogP contribution in [0.1, 0.15) is 43.0 Å². The van der Waals surface area contributed by atoms with Crippen LogP contribution in [0.25, 0.3) is 0 Å². The summed E-state index contributed by atoms with van der Waals surface area (Å²) in [5.41, 5.74) is 4.64. The second kappa shape index (κ2) is 5.74. The number of benzene rings is 3. The third kappa shape index (κ3) is 1.98. The Hall–Kier alpha value is -2.52. The zero-order chi connectivity index (χ0) is 19.7. The molecule has 28 heavy (non-hydrogen) atoms. The molecule has 138 valence electrons. The molecule has 0 saturated heterocycles. The highest BCUT2D eigenvalue weighted by molar-refractivity contribution is 9.10. The van der Waals surface area contributed by atoms with Gasteiger partial charge < -0.3 is 0 Å². The lowest BCUT2D eigenvalue weighted by Crippen LogP contribution is -2.31. The number of carbonyl (C=O) groups is 2. The number of aryl methyl sites for hydroxylation is 2. The number of hydrogen-bond acceptors (Lipinski definition) is 2. The van der Waals surface area contributed by atoms with Gasteiger partial charge in [-0.3, -0.25) is 9.59 Å². The number of rotatable bonds is 2. The quantitative estimate of drug-likeness (QED) is 0.507. The van der Waals surface area contributed by atoms with Crippen LogP contribution in [-0.2, 0) is 5.41 Å². The second-order valence-electron chi connectivity index (χ2n) is 7.92. The number of carbonyl (C=O) groups excluding carboxylic acids is 2. The molecule has 0 aliphatic heterocycles. The van der Waals surface area contributed by atoms with Crippen molar-refractivity contribution in [3.63, 3.8) is 0 Å². The van der Waals surface area contributed by atoms with Crippen molar-refractivity contribution in [3.05, 3.63) is 106 Å². The van der Waals surface area contributed by atoms with Gasteiger partial charge in [-0.2, -0.15) is 0 Å². The third-order valence-corrected chi connectivity index (χ3v) is 7.81. The van der Waals surface area contributed by atoms with Gasteiger partial charge in [0.2, 0.25) is 0 Å². The van der Waals surface area contributed by atoms with Crippen LogP contribution in [-0.4, -0.2) is 15.9 Å². The van der Waals surface area contributed by atoms with Crippen molar-refractivity contribution in [2.24, 2.45) is 5.92 Å². The summed E-state index contributed by atoms with van der Waals surface area (Å²) in [7, 11) is 0. The van der Waals surface area contributed by atoms with Gasteiger partial charge >= 0.3 is 0 Å². The number of Topliss-reactive ketones (excluding diaryl/α,β-unsaturated/α-hetero) is 2. The summed E-state index contributed by atoms with van der Waals surface area (Å²) in [6, 6.07) is 23.6. The summed E-state index contributed by atoms with van der Waals surface area (Å²) < 4.78 is -0.948. The van der Waals surface area contributed by atoms with E-state index in [-0.39, 0.29) is 11.6 Å². The molecule has 0 N–H and O–H groups in total. The number of fused-ring (bicyclic) bond motifs is 2. The smallest absolute Gasteiger partial charge is 0.182 e. The molecule has 0 amide bonds. The molecule has 2 nitrogen and oxygen atoms in total. The molecule has 1 saturated carbocycles. The minimum Gasteiger partial charge on any atom is -0.294 e. The maximum absolute atomic E-state index is 13.6. The van der Waals surface area contributed by atoms with E-state index < -0.39 is 15.7 Å². The maximum Gasteiger partial charge on any atom is 0.182 e. The lowest BCUT2D eigenvalue weighted by Gasteiger charge is -2.22. The van der Waals surface area contributed by atoms with Gasteiger partial charge in [0.15, 0.2) is 11.6 Å². The van der Waals surface area contributed by atoms with Gasteiger partial charge in [0.05, 0.1) is 11.3 Å². The summed E-state index contributed by atoms with van der Waals surface area (Å²) in [6.45, 7) is 4.08. The minimum absolute atomic E-state index is 0.00569. The number of halogens is 1. The normalized spacial score (nSPS) is 24.5. The Kier molecular flexibility index (Phi) is 3.60. The van der Waals surface area contributed by atoms with E-state index in [0.29, 0.717) is 11.1 Å². The summed E-state index contributed by atoms with van der Waals surface area (Å²) >= 11 is 3.81. The predicted octanol–water partition coefficient (Wildman–Crippen LogP) is 5.43. The standard InChI is InChI=1S/C25H19BrO2/c1-15-7-11-17(12-8-15)24(18-13-9-16(2)10-14-18)22-21(27)19-5-3-4-6-20(19)23(28)25(22,24)26/h3-14,22H,1-2H3/t22-,25-/m0/s1. The van der Waals surface area contributed by atoms with Gasteiger partial charge in [0, 0.05) is 11.1 Å². The van der Waals surface area contributed by atoms with Crippen LogP contribution in [0.5, 0.6) is 0 Å². The molecule has 5 rings (SSSR count). The van der Waals surface area contributed by atoms with Crippen molar-refractivity contribution in [2.75, 3.05) is 0 Å². The lowest BCUT2D eigenvalue weighted by atomic mass is 9.83. The highest BCUT2D eigenvalue weighted by Gasteiger charge is 2.84. The molecule has 1 fully saturated rings. The molecule has 2 aliphatic rings. The Morgan fingerprint density at radius 3 is 1.68 bits per heavy atom. The average molecular weight is 431 g/mol. The molecular weight excluding hydrogens is 412 g/mol. The van der Waals surface area contributed by atoms with E-state index in [0.717, 1.165) is 22.3 Å². The molecule has 0 bridgehead atoms. The Morgan fingerprint density at radius 1 is 0.714 bits per heavy atom. The van der Waals surface area contributed by atoms with E-state index in [9.17, 15) is 9.59 Å². The first kappa shape index (κ1) is 17.6. The van der Waals surface area contributed by atoms with Crippen LogP contribution in [0, 0.1) is 19.8 Å². The molecule has 3 heteroatoms. The molecule has 0 aromatic heterocycles. The molecule has 2 aliphatic carbocycles. The summed E-state index contributed by atoms with van der Waals surface area (Å²) in [6.07, 6.45) is 0. The van der Waals surface area contributed by atoms with Crippen molar-refractivity contribution in [1.82, 2.24) is 0 Å². The van der Waals surface area contributed by atoms with Gasteiger partial charge in [-0.25, -0.2) is 0 Å². The Bertz CT molecular complexity index is 1080. The number of hydrogen-bond donors (Lipinski definition) is 0. The van der Waals surface area contributed by atoms with E-state index in [1.165, 1.54) is 0 Å². The molecule has 0 spiro atoms. The van der Waals surface area contributed by atoms with Gasteiger partial charge in [-0.15, -0.1) is 0 Å². The highest BCUT2D eigenvalue weighted by Crippen LogP contribution is 2.74. The van der Waals surface area contributed by atoms with Crippen molar-refractivity contribution in [1.29, 1.82) is 0 Å². The molecule has 3 aromatic rings. The van der Waals surface area contributed by atoms with Gasteiger partial charge in [0.25, 0.3) is 0 Å². The highest BCUT2D eigenvalue weighted by atomic mass is 79.9. The number of ketones is 2. The molecule has 0 unspecified atom stereocenters. The SMILES string of the molecule is Cc1ccc(C2(c3ccc(C)cc3)[C@@H]3C(=O)c4ccccc4C(=O)[C@@]32Br)cc1. The Morgan fingerprint density at radius 2 is 1.18 bits per heavy atom.